The summed E-state index contributed by atoms with van der Waals surface area (Å²) in [5.41, 5.74) is 6.58. The van der Waals surface area contributed by atoms with Gasteiger partial charge in [0.05, 0.1) is 23.0 Å². The summed E-state index contributed by atoms with van der Waals surface area (Å²) in [5.74, 6) is 0.497. The monoisotopic (exact) mass is 270 g/mol. The standard InChI is InChI=1S/C9H11BrN4O/c1-15-3-2-14-5-6-8(13-14)7(10)4-12-9(6)11/h4-5H,2-3H2,1H3,(H2,11,12). The highest BCUT2D eigenvalue weighted by Gasteiger charge is 2.08. The summed E-state index contributed by atoms with van der Waals surface area (Å²) >= 11 is 3.39. The summed E-state index contributed by atoms with van der Waals surface area (Å²) in [6.07, 6.45) is 3.53. The van der Waals surface area contributed by atoms with Crippen LogP contribution in [0.15, 0.2) is 16.9 Å². The summed E-state index contributed by atoms with van der Waals surface area (Å²) in [5, 5.41) is 5.24. The molecule has 0 saturated heterocycles. The fraction of sp³-hybridized carbons (Fsp3) is 0.333. The van der Waals surface area contributed by atoms with Crippen molar-refractivity contribution in [1.29, 1.82) is 0 Å². The van der Waals surface area contributed by atoms with Crippen LogP contribution in [0.3, 0.4) is 0 Å². The average molecular weight is 271 g/mol. The van der Waals surface area contributed by atoms with Crippen LogP contribution in [-0.4, -0.2) is 28.5 Å². The number of methoxy groups -OCH3 is 1. The van der Waals surface area contributed by atoms with Gasteiger partial charge in [-0.2, -0.15) is 5.10 Å². The van der Waals surface area contributed by atoms with E-state index >= 15 is 0 Å². The van der Waals surface area contributed by atoms with E-state index in [0.717, 1.165) is 15.4 Å². The molecule has 0 unspecified atom stereocenters. The maximum absolute atomic E-state index is 5.75. The number of aromatic nitrogens is 3. The molecule has 0 aliphatic rings. The van der Waals surface area contributed by atoms with Gasteiger partial charge in [0, 0.05) is 19.5 Å². The van der Waals surface area contributed by atoms with Crippen LogP contribution in [0.4, 0.5) is 5.82 Å². The minimum absolute atomic E-state index is 0.497. The quantitative estimate of drug-likeness (QED) is 0.916. The van der Waals surface area contributed by atoms with E-state index in [-0.39, 0.29) is 0 Å². The maximum Gasteiger partial charge on any atom is 0.134 e. The number of rotatable bonds is 3. The molecule has 0 fully saturated rings. The summed E-state index contributed by atoms with van der Waals surface area (Å²) in [4.78, 5) is 4.05. The number of pyridine rings is 1. The zero-order valence-corrected chi connectivity index (χ0v) is 9.86. The lowest BCUT2D eigenvalue weighted by Crippen LogP contribution is -2.03. The molecule has 6 heteroatoms. The van der Waals surface area contributed by atoms with E-state index in [4.69, 9.17) is 10.5 Å². The predicted molar refractivity (Wildman–Crippen MR) is 61.5 cm³/mol. The van der Waals surface area contributed by atoms with E-state index in [0.29, 0.717) is 19.0 Å². The number of nitrogen functional groups attached to an aromatic ring is 1. The molecule has 2 aromatic heterocycles. The second-order valence-corrected chi connectivity index (χ2v) is 3.99. The minimum atomic E-state index is 0.497. The molecule has 0 bridgehead atoms. The first-order valence-corrected chi connectivity index (χ1v) is 5.27. The van der Waals surface area contributed by atoms with Gasteiger partial charge in [-0.1, -0.05) is 0 Å². The number of hydrogen-bond donors (Lipinski definition) is 1. The van der Waals surface area contributed by atoms with Gasteiger partial charge in [-0.25, -0.2) is 4.98 Å². The Morgan fingerprint density at radius 2 is 2.40 bits per heavy atom. The molecule has 15 heavy (non-hydrogen) atoms. The van der Waals surface area contributed by atoms with E-state index in [1.165, 1.54) is 0 Å². The Hall–Kier alpha value is -1.14. The van der Waals surface area contributed by atoms with Crippen LogP contribution in [0.1, 0.15) is 0 Å². The second kappa shape index (κ2) is 4.16. The van der Waals surface area contributed by atoms with Crippen molar-refractivity contribution >= 4 is 32.7 Å². The number of nitrogens with two attached hydrogens (primary N) is 1. The van der Waals surface area contributed by atoms with Crippen molar-refractivity contribution < 1.29 is 4.74 Å². The topological polar surface area (TPSA) is 66.0 Å². The molecule has 0 aliphatic carbocycles. The van der Waals surface area contributed by atoms with Gasteiger partial charge in [-0.3, -0.25) is 4.68 Å². The van der Waals surface area contributed by atoms with Gasteiger partial charge in [0.2, 0.25) is 0 Å². The lowest BCUT2D eigenvalue weighted by Gasteiger charge is -1.97. The molecule has 0 amide bonds. The number of ether oxygens (including phenoxy) is 1. The van der Waals surface area contributed by atoms with Crippen molar-refractivity contribution in [1.82, 2.24) is 14.8 Å². The van der Waals surface area contributed by atoms with E-state index < -0.39 is 0 Å². The van der Waals surface area contributed by atoms with Crippen molar-refractivity contribution in [2.75, 3.05) is 19.5 Å². The number of fused-ring (bicyclic) bond motifs is 1. The second-order valence-electron chi connectivity index (χ2n) is 3.14. The largest absolute Gasteiger partial charge is 0.383 e. The van der Waals surface area contributed by atoms with Crippen LogP contribution in [0.25, 0.3) is 10.9 Å². The third-order valence-corrected chi connectivity index (χ3v) is 2.69. The number of nitrogens with zero attached hydrogens (tertiary/aromatic N) is 3. The third kappa shape index (κ3) is 1.95. The minimum Gasteiger partial charge on any atom is -0.383 e. The molecule has 0 saturated carbocycles. The molecule has 0 aromatic carbocycles. The molecule has 2 N–H and O–H groups in total. The van der Waals surface area contributed by atoms with Crippen LogP contribution in [-0.2, 0) is 11.3 Å². The van der Waals surface area contributed by atoms with E-state index in [2.05, 4.69) is 26.0 Å². The highest BCUT2D eigenvalue weighted by molar-refractivity contribution is 9.10. The molecule has 0 spiro atoms. The molecular formula is C9H11BrN4O. The normalized spacial score (nSPS) is 11.1. The van der Waals surface area contributed by atoms with Gasteiger partial charge >= 0.3 is 0 Å². The highest BCUT2D eigenvalue weighted by Crippen LogP contribution is 2.24. The van der Waals surface area contributed by atoms with Crippen molar-refractivity contribution in [3.05, 3.63) is 16.9 Å². The first kappa shape index (κ1) is 10.4. The van der Waals surface area contributed by atoms with E-state index in [1.807, 2.05) is 6.20 Å². The average Bonchev–Trinajstić information content (AvgIpc) is 2.66. The lowest BCUT2D eigenvalue weighted by molar-refractivity contribution is 0.184. The Kier molecular flexibility index (Phi) is 2.88. The molecule has 0 aliphatic heterocycles. The molecule has 0 atom stereocenters. The first-order chi connectivity index (χ1) is 7.22. The van der Waals surface area contributed by atoms with Crippen LogP contribution in [0, 0.1) is 0 Å². The molecule has 5 nitrogen and oxygen atoms in total. The summed E-state index contributed by atoms with van der Waals surface area (Å²) < 4.78 is 7.64. The van der Waals surface area contributed by atoms with Gasteiger partial charge in [-0.05, 0) is 15.9 Å². The SMILES string of the molecule is COCCn1cc2c(N)ncc(Br)c2n1. The maximum atomic E-state index is 5.75. The molecule has 2 heterocycles. The summed E-state index contributed by atoms with van der Waals surface area (Å²) in [6, 6.07) is 0. The molecule has 2 aromatic rings. The fourth-order valence-electron chi connectivity index (χ4n) is 1.34. The van der Waals surface area contributed by atoms with Crippen molar-refractivity contribution in [3.8, 4) is 0 Å². The Balaban J connectivity index is 2.45. The lowest BCUT2D eigenvalue weighted by atomic mass is 10.3. The summed E-state index contributed by atoms with van der Waals surface area (Å²) in [6.45, 7) is 1.33. The number of hydrogen-bond acceptors (Lipinski definition) is 4. The zero-order chi connectivity index (χ0) is 10.8. The Bertz CT molecular complexity index is 443. The van der Waals surface area contributed by atoms with Crippen molar-refractivity contribution in [3.63, 3.8) is 0 Å². The van der Waals surface area contributed by atoms with Gasteiger partial charge in [0.15, 0.2) is 0 Å². The Morgan fingerprint density at radius 1 is 1.60 bits per heavy atom. The molecule has 80 valence electrons. The fourth-order valence-corrected chi connectivity index (χ4v) is 1.74. The molecule has 2 rings (SSSR count). The van der Waals surface area contributed by atoms with Gasteiger partial charge < -0.3 is 10.5 Å². The Labute approximate surface area is 95.4 Å². The third-order valence-electron chi connectivity index (χ3n) is 2.11. The smallest absolute Gasteiger partial charge is 0.134 e. The highest BCUT2D eigenvalue weighted by atomic mass is 79.9. The number of anilines is 1. The van der Waals surface area contributed by atoms with E-state index in [1.54, 1.807) is 18.0 Å². The molecular weight excluding hydrogens is 260 g/mol. The predicted octanol–water partition coefficient (Wildman–Crippen LogP) is 1.42. The summed E-state index contributed by atoms with van der Waals surface area (Å²) in [7, 11) is 1.66. The van der Waals surface area contributed by atoms with Gasteiger partial charge in [-0.15, -0.1) is 0 Å². The zero-order valence-electron chi connectivity index (χ0n) is 8.27. The molecule has 0 radical (unpaired) electrons. The van der Waals surface area contributed by atoms with Gasteiger partial charge in [0.1, 0.15) is 11.3 Å². The van der Waals surface area contributed by atoms with Gasteiger partial charge in [0.25, 0.3) is 0 Å². The van der Waals surface area contributed by atoms with Crippen LogP contribution >= 0.6 is 15.9 Å². The van der Waals surface area contributed by atoms with Crippen molar-refractivity contribution in [2.45, 2.75) is 6.54 Å². The first-order valence-electron chi connectivity index (χ1n) is 4.48. The Morgan fingerprint density at radius 3 is 3.07 bits per heavy atom. The van der Waals surface area contributed by atoms with Crippen LogP contribution < -0.4 is 5.73 Å². The van der Waals surface area contributed by atoms with Crippen molar-refractivity contribution in [2.24, 2.45) is 0 Å². The van der Waals surface area contributed by atoms with Crippen LogP contribution in [0.2, 0.25) is 0 Å². The van der Waals surface area contributed by atoms with E-state index in [9.17, 15) is 0 Å². The number of halogens is 1. The van der Waals surface area contributed by atoms with Crippen LogP contribution in [0.5, 0.6) is 0 Å².